The van der Waals surface area contributed by atoms with Crippen LogP contribution in [0.4, 0.5) is 51.0 Å². The van der Waals surface area contributed by atoms with Crippen molar-refractivity contribution < 1.29 is 55.2 Å². The maximum atomic E-state index is 13.0. The van der Waals surface area contributed by atoms with E-state index in [1.165, 1.54) is 38.6 Å². The zero-order valence-electron chi connectivity index (χ0n) is 31.9. The van der Waals surface area contributed by atoms with Gasteiger partial charge in [-0.2, -0.15) is 23.1 Å². The summed E-state index contributed by atoms with van der Waals surface area (Å²) in [6.07, 6.45) is -2.57. The highest BCUT2D eigenvalue weighted by Crippen LogP contribution is 2.35. The number of amides is 2. The summed E-state index contributed by atoms with van der Waals surface area (Å²) in [5.74, 6) is -0.0127. The van der Waals surface area contributed by atoms with Crippen molar-refractivity contribution in [1.82, 2.24) is 29.7 Å². The SMILES string of the molecule is CNc1nc(Nc2ccc(C(=O)N3CCOCC3)cc2OCCF)ncc1C(F)(F)F.COc1nc(Nc2ccc(C(=O)N3CCOCC3)cc2OCCF)ncc1Cl. The van der Waals surface area contributed by atoms with Gasteiger partial charge in [0.1, 0.15) is 54.5 Å². The van der Waals surface area contributed by atoms with Gasteiger partial charge in [0, 0.05) is 50.6 Å². The zero-order chi connectivity index (χ0) is 42.4. The largest absolute Gasteiger partial charge is 0.489 e. The number of nitrogens with zero attached hydrogens (tertiary/aromatic N) is 6. The van der Waals surface area contributed by atoms with Gasteiger partial charge in [-0.05, 0) is 36.4 Å². The molecule has 2 aliphatic rings. The molecule has 2 aromatic heterocycles. The van der Waals surface area contributed by atoms with Crippen LogP contribution in [-0.2, 0) is 15.7 Å². The van der Waals surface area contributed by atoms with Crippen molar-refractivity contribution in [3.05, 3.63) is 70.5 Å². The molecule has 59 heavy (non-hydrogen) atoms. The summed E-state index contributed by atoms with van der Waals surface area (Å²) in [6.45, 7) is 2.01. The zero-order valence-corrected chi connectivity index (χ0v) is 32.7. The summed E-state index contributed by atoms with van der Waals surface area (Å²) < 4.78 is 90.8. The van der Waals surface area contributed by atoms with Crippen LogP contribution in [0.25, 0.3) is 0 Å². The van der Waals surface area contributed by atoms with Gasteiger partial charge in [-0.25, -0.2) is 18.7 Å². The summed E-state index contributed by atoms with van der Waals surface area (Å²) in [5.41, 5.74) is 0.507. The molecular weight excluding hydrogens is 813 g/mol. The van der Waals surface area contributed by atoms with Crippen molar-refractivity contribution in [3.8, 4) is 17.4 Å². The Morgan fingerprint density at radius 1 is 0.780 bits per heavy atom. The van der Waals surface area contributed by atoms with Crippen LogP contribution in [0.3, 0.4) is 0 Å². The number of methoxy groups -OCH3 is 1. The average molecular weight is 854 g/mol. The van der Waals surface area contributed by atoms with Crippen molar-refractivity contribution in [1.29, 1.82) is 0 Å². The van der Waals surface area contributed by atoms with Crippen molar-refractivity contribution in [2.75, 3.05) is 109 Å². The third-order valence-corrected chi connectivity index (χ3v) is 8.71. The Morgan fingerprint density at radius 2 is 1.25 bits per heavy atom. The van der Waals surface area contributed by atoms with E-state index < -0.39 is 30.9 Å². The summed E-state index contributed by atoms with van der Waals surface area (Å²) >= 11 is 5.93. The predicted octanol–water partition coefficient (Wildman–Crippen LogP) is 5.80. The molecule has 0 atom stereocenters. The van der Waals surface area contributed by atoms with Gasteiger partial charge in [-0.15, -0.1) is 0 Å². The minimum atomic E-state index is -4.62. The summed E-state index contributed by atoms with van der Waals surface area (Å²) in [6, 6.07) is 9.37. The maximum Gasteiger partial charge on any atom is 0.421 e. The van der Waals surface area contributed by atoms with Crippen LogP contribution in [0.15, 0.2) is 48.8 Å². The number of aromatic nitrogens is 4. The first-order chi connectivity index (χ1) is 28.4. The Balaban J connectivity index is 0.000000225. The maximum absolute atomic E-state index is 13.0. The Morgan fingerprint density at radius 3 is 1.69 bits per heavy atom. The van der Waals surface area contributed by atoms with E-state index >= 15 is 0 Å². The van der Waals surface area contributed by atoms with E-state index in [2.05, 4.69) is 35.9 Å². The summed E-state index contributed by atoms with van der Waals surface area (Å²) in [7, 11) is 2.75. The molecule has 2 amide bonds. The van der Waals surface area contributed by atoms with E-state index in [4.69, 9.17) is 35.3 Å². The second-order valence-electron chi connectivity index (χ2n) is 12.3. The highest BCUT2D eigenvalue weighted by atomic mass is 35.5. The van der Waals surface area contributed by atoms with E-state index in [-0.39, 0.29) is 59.3 Å². The number of morpholine rings is 2. The molecule has 0 aliphatic carbocycles. The van der Waals surface area contributed by atoms with E-state index in [1.807, 2.05) is 0 Å². The molecule has 22 heteroatoms. The Bertz CT molecular complexity index is 2040. The van der Waals surface area contributed by atoms with Gasteiger partial charge in [0.15, 0.2) is 0 Å². The number of alkyl halides is 5. The Labute approximate surface area is 340 Å². The summed E-state index contributed by atoms with van der Waals surface area (Å²) in [4.78, 5) is 44.5. The highest BCUT2D eigenvalue weighted by molar-refractivity contribution is 6.31. The highest BCUT2D eigenvalue weighted by Gasteiger charge is 2.35. The molecule has 0 saturated carbocycles. The molecular formula is C37H41ClF5N9O7. The Kier molecular flexibility index (Phi) is 16.0. The first-order valence-corrected chi connectivity index (χ1v) is 18.5. The fourth-order valence-corrected chi connectivity index (χ4v) is 5.76. The fourth-order valence-electron chi connectivity index (χ4n) is 5.59. The number of carbonyl (C=O) groups excluding carboxylic acids is 2. The third-order valence-electron chi connectivity index (χ3n) is 8.45. The number of ether oxygens (including phenoxy) is 5. The van der Waals surface area contributed by atoms with Crippen LogP contribution in [0.2, 0.25) is 5.02 Å². The van der Waals surface area contributed by atoms with E-state index in [9.17, 15) is 31.5 Å². The Hall–Kier alpha value is -5.80. The lowest BCUT2D eigenvalue weighted by molar-refractivity contribution is -0.137. The quantitative estimate of drug-likeness (QED) is 0.130. The third kappa shape index (κ3) is 12.1. The molecule has 2 aliphatic heterocycles. The molecule has 0 bridgehead atoms. The molecule has 4 aromatic rings. The van der Waals surface area contributed by atoms with Crippen molar-refractivity contribution >= 4 is 52.5 Å². The van der Waals surface area contributed by atoms with Gasteiger partial charge >= 0.3 is 6.18 Å². The lowest BCUT2D eigenvalue weighted by Crippen LogP contribution is -2.40. The molecule has 2 saturated heterocycles. The molecule has 2 fully saturated rings. The molecule has 6 rings (SSSR count). The van der Waals surface area contributed by atoms with Crippen molar-refractivity contribution in [2.45, 2.75) is 6.18 Å². The van der Waals surface area contributed by atoms with Crippen molar-refractivity contribution in [3.63, 3.8) is 0 Å². The molecule has 4 heterocycles. The van der Waals surface area contributed by atoms with E-state index in [0.29, 0.717) is 81.4 Å². The lowest BCUT2D eigenvalue weighted by atomic mass is 10.1. The summed E-state index contributed by atoms with van der Waals surface area (Å²) in [5, 5.41) is 8.39. The van der Waals surface area contributed by atoms with Gasteiger partial charge in [-0.1, -0.05) is 11.6 Å². The second kappa shape index (κ2) is 21.3. The van der Waals surface area contributed by atoms with Crippen molar-refractivity contribution in [2.24, 2.45) is 0 Å². The first-order valence-electron chi connectivity index (χ1n) is 18.1. The monoisotopic (exact) mass is 853 g/mol. The van der Waals surface area contributed by atoms with Gasteiger partial charge in [-0.3, -0.25) is 9.59 Å². The molecule has 3 N–H and O–H groups in total. The number of rotatable bonds is 14. The number of anilines is 5. The van der Waals surface area contributed by atoms with E-state index in [0.717, 1.165) is 0 Å². The number of halogens is 6. The number of nitrogens with one attached hydrogen (secondary N) is 3. The topological polar surface area (TPSA) is 174 Å². The molecule has 318 valence electrons. The molecule has 16 nitrogen and oxygen atoms in total. The van der Waals surface area contributed by atoms with Crippen LogP contribution in [0.5, 0.6) is 17.4 Å². The van der Waals surface area contributed by atoms with Crippen LogP contribution < -0.4 is 30.2 Å². The lowest BCUT2D eigenvalue weighted by Gasteiger charge is -2.27. The average Bonchev–Trinajstić information content (AvgIpc) is 3.26. The predicted molar refractivity (Wildman–Crippen MR) is 206 cm³/mol. The molecule has 0 unspecified atom stereocenters. The molecule has 2 aromatic carbocycles. The van der Waals surface area contributed by atoms with Crippen LogP contribution in [0, 0.1) is 0 Å². The second-order valence-corrected chi connectivity index (χ2v) is 12.7. The van der Waals surface area contributed by atoms with Crippen LogP contribution >= 0.6 is 11.6 Å². The van der Waals surface area contributed by atoms with Crippen LogP contribution in [0.1, 0.15) is 26.3 Å². The fraction of sp³-hybridized carbons (Fsp3) is 0.405. The number of hydrogen-bond acceptors (Lipinski definition) is 14. The number of benzene rings is 2. The van der Waals surface area contributed by atoms with E-state index in [1.54, 1.807) is 28.0 Å². The van der Waals surface area contributed by atoms with Gasteiger partial charge in [0.05, 0.1) is 51.1 Å². The standard InChI is InChI=1S/C19H21F4N5O3.C18H20ClFN4O4/c1-24-16-13(19(21,22)23)11-25-18(27-16)26-14-3-2-12(10-15(14)31-7-4-20)17(29)28-5-8-30-9-6-28;1-26-16-13(19)11-21-18(23-16)22-14-3-2-12(10-15(14)28-7-4-20)17(25)24-5-8-27-9-6-24/h2-3,10-11H,4-9H2,1H3,(H2,24,25,26,27);2-3,10-11H,4-9H2,1H3,(H,21,22,23). The molecule has 0 radical (unpaired) electrons. The minimum absolute atomic E-state index is 0.130. The smallest absolute Gasteiger partial charge is 0.421 e. The first kappa shape index (κ1) is 44.3. The van der Waals surface area contributed by atoms with Gasteiger partial charge in [0.2, 0.25) is 17.8 Å². The molecule has 0 spiro atoms. The number of hydrogen-bond donors (Lipinski definition) is 3. The van der Waals surface area contributed by atoms with Gasteiger partial charge in [0.25, 0.3) is 11.8 Å². The van der Waals surface area contributed by atoms with Gasteiger partial charge < -0.3 is 49.4 Å². The normalized spacial score (nSPS) is 14.1. The van der Waals surface area contributed by atoms with Crippen LogP contribution in [-0.4, -0.2) is 135 Å². The number of carbonyl (C=O) groups is 2. The minimum Gasteiger partial charge on any atom is -0.489 e.